The zero-order valence-corrected chi connectivity index (χ0v) is 14.8. The second-order valence-corrected chi connectivity index (χ2v) is 6.10. The Labute approximate surface area is 143 Å². The molecule has 1 aromatic heterocycles. The van der Waals surface area contributed by atoms with Crippen LogP contribution in [0.1, 0.15) is 27.9 Å². The average molecular weight is 327 g/mol. The summed E-state index contributed by atoms with van der Waals surface area (Å²) in [5.41, 5.74) is 3.34. The summed E-state index contributed by atoms with van der Waals surface area (Å²) in [5.74, 6) is 0.337. The predicted octanol–water partition coefficient (Wildman–Crippen LogP) is 2.71. The summed E-state index contributed by atoms with van der Waals surface area (Å²) < 4.78 is 0. The van der Waals surface area contributed by atoms with Crippen molar-refractivity contribution in [1.82, 2.24) is 14.9 Å². The number of nitrogens with one attached hydrogen (secondary N) is 2. The van der Waals surface area contributed by atoms with Gasteiger partial charge in [0.1, 0.15) is 0 Å². The van der Waals surface area contributed by atoms with E-state index in [1.54, 1.807) is 12.4 Å². The highest BCUT2D eigenvalue weighted by Crippen LogP contribution is 2.20. The van der Waals surface area contributed by atoms with Crippen LogP contribution in [0, 0.1) is 13.8 Å². The molecule has 6 heteroatoms. The van der Waals surface area contributed by atoms with E-state index in [0.717, 1.165) is 36.3 Å². The van der Waals surface area contributed by atoms with Gasteiger partial charge in [-0.3, -0.25) is 4.79 Å². The summed E-state index contributed by atoms with van der Waals surface area (Å²) >= 11 is 0. The quantitative estimate of drug-likeness (QED) is 0.765. The van der Waals surface area contributed by atoms with Gasteiger partial charge in [-0.15, -0.1) is 0 Å². The van der Waals surface area contributed by atoms with Crippen LogP contribution in [-0.4, -0.2) is 48.0 Å². The van der Waals surface area contributed by atoms with Crippen molar-refractivity contribution in [2.45, 2.75) is 20.3 Å². The van der Waals surface area contributed by atoms with Crippen LogP contribution in [0.2, 0.25) is 0 Å². The van der Waals surface area contributed by atoms with E-state index in [1.807, 2.05) is 46.1 Å². The summed E-state index contributed by atoms with van der Waals surface area (Å²) in [6.45, 7) is 5.75. The van der Waals surface area contributed by atoms with Gasteiger partial charge in [0, 0.05) is 24.6 Å². The lowest BCUT2D eigenvalue weighted by Crippen LogP contribution is -2.17. The molecule has 0 aliphatic rings. The minimum Gasteiger partial charge on any atom is -0.354 e. The molecule has 2 rings (SSSR count). The van der Waals surface area contributed by atoms with Crippen molar-refractivity contribution in [3.63, 3.8) is 0 Å². The van der Waals surface area contributed by atoms with E-state index >= 15 is 0 Å². The molecule has 0 bridgehead atoms. The maximum atomic E-state index is 12.3. The molecule has 24 heavy (non-hydrogen) atoms. The van der Waals surface area contributed by atoms with Gasteiger partial charge in [-0.25, -0.2) is 9.97 Å². The number of amides is 1. The molecule has 0 radical (unpaired) electrons. The molecule has 1 amide bonds. The fourth-order valence-electron chi connectivity index (χ4n) is 2.33. The molecular formula is C18H25N5O. The normalized spacial score (nSPS) is 10.7. The van der Waals surface area contributed by atoms with Crippen molar-refractivity contribution in [2.24, 2.45) is 0 Å². The number of carbonyl (C=O) groups is 1. The summed E-state index contributed by atoms with van der Waals surface area (Å²) in [6, 6.07) is 5.92. The SMILES string of the molecule is Cc1cccc(C)c1NC(=O)c1cnc(NCCCN(C)C)nc1. The predicted molar refractivity (Wildman–Crippen MR) is 97.6 cm³/mol. The first kappa shape index (κ1) is 17.9. The minimum absolute atomic E-state index is 0.202. The van der Waals surface area contributed by atoms with E-state index in [4.69, 9.17) is 0 Å². The summed E-state index contributed by atoms with van der Waals surface area (Å²) in [7, 11) is 4.08. The zero-order chi connectivity index (χ0) is 17.5. The third-order valence-electron chi connectivity index (χ3n) is 3.70. The Morgan fingerprint density at radius 3 is 2.33 bits per heavy atom. The van der Waals surface area contributed by atoms with Crippen molar-refractivity contribution in [3.05, 3.63) is 47.3 Å². The lowest BCUT2D eigenvalue weighted by Gasteiger charge is -2.12. The summed E-state index contributed by atoms with van der Waals surface area (Å²) in [4.78, 5) is 22.9. The molecule has 2 aromatic rings. The number of para-hydroxylation sites is 1. The largest absolute Gasteiger partial charge is 0.354 e. The second-order valence-electron chi connectivity index (χ2n) is 6.10. The maximum Gasteiger partial charge on any atom is 0.258 e. The number of anilines is 2. The van der Waals surface area contributed by atoms with E-state index < -0.39 is 0 Å². The molecule has 0 saturated carbocycles. The van der Waals surface area contributed by atoms with E-state index in [1.165, 1.54) is 0 Å². The average Bonchev–Trinajstić information content (AvgIpc) is 2.55. The van der Waals surface area contributed by atoms with Crippen LogP contribution in [-0.2, 0) is 0 Å². The zero-order valence-electron chi connectivity index (χ0n) is 14.8. The van der Waals surface area contributed by atoms with Gasteiger partial charge in [0.25, 0.3) is 5.91 Å². The monoisotopic (exact) mass is 327 g/mol. The number of aromatic nitrogens is 2. The Kier molecular flexibility index (Phi) is 6.26. The van der Waals surface area contributed by atoms with Gasteiger partial charge in [-0.2, -0.15) is 0 Å². The van der Waals surface area contributed by atoms with Gasteiger partial charge in [-0.1, -0.05) is 18.2 Å². The smallest absolute Gasteiger partial charge is 0.258 e. The molecular weight excluding hydrogens is 302 g/mol. The Morgan fingerprint density at radius 1 is 1.12 bits per heavy atom. The van der Waals surface area contributed by atoms with E-state index in [2.05, 4.69) is 25.5 Å². The van der Waals surface area contributed by atoms with Gasteiger partial charge >= 0.3 is 0 Å². The third kappa shape index (κ3) is 5.03. The molecule has 1 heterocycles. The molecule has 128 valence electrons. The lowest BCUT2D eigenvalue weighted by atomic mass is 10.1. The number of nitrogens with zero attached hydrogens (tertiary/aromatic N) is 3. The number of benzene rings is 1. The van der Waals surface area contributed by atoms with Crippen LogP contribution in [0.3, 0.4) is 0 Å². The first-order valence-electron chi connectivity index (χ1n) is 8.05. The first-order valence-corrected chi connectivity index (χ1v) is 8.05. The number of aryl methyl sites for hydroxylation is 2. The number of rotatable bonds is 7. The first-order chi connectivity index (χ1) is 11.5. The minimum atomic E-state index is -0.202. The molecule has 2 N–H and O–H groups in total. The Balaban J connectivity index is 1.94. The lowest BCUT2D eigenvalue weighted by molar-refractivity contribution is 0.102. The fraction of sp³-hybridized carbons (Fsp3) is 0.389. The van der Waals surface area contributed by atoms with Gasteiger partial charge in [0.05, 0.1) is 5.56 Å². The second kappa shape index (κ2) is 8.40. The molecule has 0 aliphatic heterocycles. The third-order valence-corrected chi connectivity index (χ3v) is 3.70. The molecule has 0 aliphatic carbocycles. The van der Waals surface area contributed by atoms with Gasteiger partial charge < -0.3 is 15.5 Å². The molecule has 0 fully saturated rings. The van der Waals surface area contributed by atoms with Crippen molar-refractivity contribution >= 4 is 17.5 Å². The van der Waals surface area contributed by atoms with Crippen molar-refractivity contribution < 1.29 is 4.79 Å². The van der Waals surface area contributed by atoms with Gasteiger partial charge in [0.2, 0.25) is 5.95 Å². The van der Waals surface area contributed by atoms with Gasteiger partial charge in [-0.05, 0) is 52.0 Å². The van der Waals surface area contributed by atoms with Crippen LogP contribution in [0.15, 0.2) is 30.6 Å². The summed E-state index contributed by atoms with van der Waals surface area (Å²) in [5, 5.41) is 6.09. The molecule has 0 saturated heterocycles. The number of hydrogen-bond acceptors (Lipinski definition) is 5. The highest BCUT2D eigenvalue weighted by Gasteiger charge is 2.10. The van der Waals surface area contributed by atoms with Crippen molar-refractivity contribution in [1.29, 1.82) is 0 Å². The van der Waals surface area contributed by atoms with E-state index in [9.17, 15) is 4.79 Å². The molecule has 6 nitrogen and oxygen atoms in total. The van der Waals surface area contributed by atoms with Crippen molar-refractivity contribution in [2.75, 3.05) is 37.8 Å². The van der Waals surface area contributed by atoms with Gasteiger partial charge in [0.15, 0.2) is 0 Å². The molecule has 0 unspecified atom stereocenters. The van der Waals surface area contributed by atoms with Crippen LogP contribution in [0.25, 0.3) is 0 Å². The van der Waals surface area contributed by atoms with Crippen LogP contribution < -0.4 is 10.6 Å². The Bertz CT molecular complexity index is 662. The van der Waals surface area contributed by atoms with Crippen LogP contribution in [0.5, 0.6) is 0 Å². The molecule has 1 aromatic carbocycles. The topological polar surface area (TPSA) is 70.2 Å². The van der Waals surface area contributed by atoms with Crippen LogP contribution >= 0.6 is 0 Å². The molecule has 0 atom stereocenters. The van der Waals surface area contributed by atoms with E-state index in [0.29, 0.717) is 11.5 Å². The van der Waals surface area contributed by atoms with Crippen molar-refractivity contribution in [3.8, 4) is 0 Å². The standard InChI is InChI=1S/C18H25N5O/c1-13-7-5-8-14(2)16(13)22-17(24)15-11-20-18(21-12-15)19-9-6-10-23(3)4/h5,7-8,11-12H,6,9-10H2,1-4H3,(H,22,24)(H,19,20,21). The highest BCUT2D eigenvalue weighted by molar-refractivity contribution is 6.04. The Morgan fingerprint density at radius 2 is 1.75 bits per heavy atom. The summed E-state index contributed by atoms with van der Waals surface area (Å²) in [6.07, 6.45) is 4.10. The number of carbonyl (C=O) groups excluding carboxylic acids is 1. The number of hydrogen-bond donors (Lipinski definition) is 2. The van der Waals surface area contributed by atoms with E-state index in [-0.39, 0.29) is 5.91 Å². The highest BCUT2D eigenvalue weighted by atomic mass is 16.1. The maximum absolute atomic E-state index is 12.3. The van der Waals surface area contributed by atoms with Crippen LogP contribution in [0.4, 0.5) is 11.6 Å². The molecule has 0 spiro atoms. The fourth-order valence-corrected chi connectivity index (χ4v) is 2.33. The Hall–Kier alpha value is -2.47.